The van der Waals surface area contributed by atoms with Gasteiger partial charge in [0.15, 0.2) is 5.60 Å². The van der Waals surface area contributed by atoms with Crippen LogP contribution in [0.5, 0.6) is 0 Å². The average molecular weight is 379 g/mol. The second-order valence-corrected chi connectivity index (χ2v) is 8.79. The molecule has 4 aliphatic rings. The zero-order valence-corrected chi connectivity index (χ0v) is 16.5. The molecule has 4 rings (SSSR count). The van der Waals surface area contributed by atoms with Gasteiger partial charge in [0.25, 0.3) is 5.91 Å². The summed E-state index contributed by atoms with van der Waals surface area (Å²) >= 11 is 0. The van der Waals surface area contributed by atoms with Crippen molar-refractivity contribution >= 4 is 11.6 Å². The largest absolute Gasteiger partial charge is 0.385 e. The van der Waals surface area contributed by atoms with Crippen LogP contribution in [0.15, 0.2) is 5.16 Å². The molecule has 7 nitrogen and oxygen atoms in total. The van der Waals surface area contributed by atoms with Gasteiger partial charge in [-0.3, -0.25) is 9.69 Å². The molecule has 0 aromatic heterocycles. The van der Waals surface area contributed by atoms with Crippen LogP contribution in [0.25, 0.3) is 0 Å². The Morgan fingerprint density at radius 3 is 2.85 bits per heavy atom. The Labute approximate surface area is 162 Å². The third kappa shape index (κ3) is 4.63. The van der Waals surface area contributed by atoms with Crippen molar-refractivity contribution in [1.29, 1.82) is 0 Å². The summed E-state index contributed by atoms with van der Waals surface area (Å²) in [5.74, 6) is 0.787. The Hall–Kier alpha value is -1.18. The third-order valence-corrected chi connectivity index (χ3v) is 6.58. The van der Waals surface area contributed by atoms with Crippen LogP contribution in [0, 0.1) is 5.92 Å². The van der Waals surface area contributed by atoms with Gasteiger partial charge in [0, 0.05) is 39.2 Å². The van der Waals surface area contributed by atoms with Crippen LogP contribution < -0.4 is 10.6 Å². The van der Waals surface area contributed by atoms with Crippen molar-refractivity contribution in [3.63, 3.8) is 0 Å². The zero-order valence-electron chi connectivity index (χ0n) is 16.5. The average Bonchev–Trinajstić information content (AvgIpc) is 3.18. The Morgan fingerprint density at radius 2 is 2.11 bits per heavy atom. The number of nitrogens with one attached hydrogen (secondary N) is 2. The van der Waals surface area contributed by atoms with Gasteiger partial charge in [-0.25, -0.2) is 0 Å². The summed E-state index contributed by atoms with van der Waals surface area (Å²) in [6.45, 7) is 4.48. The van der Waals surface area contributed by atoms with Crippen molar-refractivity contribution in [3.05, 3.63) is 0 Å². The molecule has 2 aliphatic carbocycles. The van der Waals surface area contributed by atoms with E-state index in [9.17, 15) is 4.79 Å². The third-order valence-electron chi connectivity index (χ3n) is 6.58. The number of likely N-dealkylation sites (tertiary alicyclic amines) is 1. The number of ether oxygens (including phenoxy) is 1. The first-order valence-corrected chi connectivity index (χ1v) is 10.7. The van der Waals surface area contributed by atoms with Crippen LogP contribution in [0.1, 0.15) is 51.4 Å². The Morgan fingerprint density at radius 1 is 1.30 bits per heavy atom. The van der Waals surface area contributed by atoms with E-state index in [0.29, 0.717) is 24.8 Å². The number of amides is 1. The number of carbonyl (C=O) groups is 1. The molecule has 0 radical (unpaired) electrons. The maximum atomic E-state index is 12.7. The van der Waals surface area contributed by atoms with Gasteiger partial charge in [0.1, 0.15) is 5.71 Å². The first-order chi connectivity index (χ1) is 13.2. The summed E-state index contributed by atoms with van der Waals surface area (Å²) in [5, 5.41) is 11.2. The standard InChI is InChI=1S/C20H34N4O3/c1-26-11-10-24-9-8-18(21-13-15-6-7-15)20(14-24)12-17(23-27-20)19(25)22-16-4-2-3-5-16/h15-16,18,21H,2-14H2,1H3,(H,22,25)/t18-,20+/m1/s1. The number of methoxy groups -OCH3 is 1. The number of hydrogen-bond donors (Lipinski definition) is 2. The van der Waals surface area contributed by atoms with Gasteiger partial charge < -0.3 is 20.2 Å². The smallest absolute Gasteiger partial charge is 0.269 e. The van der Waals surface area contributed by atoms with Crippen LogP contribution in [-0.2, 0) is 14.4 Å². The molecule has 152 valence electrons. The highest BCUT2D eigenvalue weighted by atomic mass is 16.7. The molecule has 27 heavy (non-hydrogen) atoms. The number of piperidine rings is 1. The molecule has 2 saturated carbocycles. The first kappa shape index (κ1) is 19.2. The van der Waals surface area contributed by atoms with Gasteiger partial charge in [0.05, 0.1) is 12.6 Å². The van der Waals surface area contributed by atoms with Crippen molar-refractivity contribution < 1.29 is 14.4 Å². The lowest BCUT2D eigenvalue weighted by Crippen LogP contribution is -2.62. The van der Waals surface area contributed by atoms with Crippen LogP contribution in [0.4, 0.5) is 0 Å². The molecule has 2 aliphatic heterocycles. The van der Waals surface area contributed by atoms with Gasteiger partial charge in [-0.2, -0.15) is 0 Å². The summed E-state index contributed by atoms with van der Waals surface area (Å²) in [6, 6.07) is 0.558. The van der Waals surface area contributed by atoms with Crippen LogP contribution in [-0.4, -0.2) is 74.1 Å². The Kier molecular flexibility index (Phi) is 5.99. The number of hydrogen-bond acceptors (Lipinski definition) is 6. The monoisotopic (exact) mass is 378 g/mol. The molecule has 0 unspecified atom stereocenters. The lowest BCUT2D eigenvalue weighted by Gasteiger charge is -2.44. The fourth-order valence-corrected chi connectivity index (χ4v) is 4.70. The SMILES string of the molecule is COCCN1CC[C@@H](NCC2CC2)[C@]2(CC(C(=O)NC3CCCC3)=NO2)C1. The van der Waals surface area contributed by atoms with E-state index in [0.717, 1.165) is 51.4 Å². The van der Waals surface area contributed by atoms with E-state index >= 15 is 0 Å². The lowest BCUT2D eigenvalue weighted by molar-refractivity contribution is -0.115. The van der Waals surface area contributed by atoms with Gasteiger partial charge >= 0.3 is 0 Å². The van der Waals surface area contributed by atoms with Crippen molar-refractivity contribution in [2.24, 2.45) is 11.1 Å². The van der Waals surface area contributed by atoms with Crippen molar-refractivity contribution in [2.75, 3.05) is 39.9 Å². The van der Waals surface area contributed by atoms with E-state index in [4.69, 9.17) is 9.57 Å². The summed E-state index contributed by atoms with van der Waals surface area (Å²) in [7, 11) is 1.74. The molecule has 3 fully saturated rings. The molecule has 0 aromatic carbocycles. The molecule has 2 atom stereocenters. The van der Waals surface area contributed by atoms with Crippen LogP contribution >= 0.6 is 0 Å². The number of oxime groups is 1. The first-order valence-electron chi connectivity index (χ1n) is 10.7. The highest BCUT2D eigenvalue weighted by Gasteiger charge is 2.51. The predicted molar refractivity (Wildman–Crippen MR) is 104 cm³/mol. The van der Waals surface area contributed by atoms with Gasteiger partial charge in [-0.05, 0) is 44.6 Å². The minimum absolute atomic E-state index is 0.0336. The van der Waals surface area contributed by atoms with Crippen molar-refractivity contribution in [3.8, 4) is 0 Å². The van der Waals surface area contributed by atoms with E-state index < -0.39 is 5.60 Å². The molecule has 7 heteroatoms. The normalized spacial score (nSPS) is 31.9. The number of rotatable bonds is 8. The minimum Gasteiger partial charge on any atom is -0.385 e. The van der Waals surface area contributed by atoms with E-state index in [1.807, 2.05) is 0 Å². The summed E-state index contributed by atoms with van der Waals surface area (Å²) in [4.78, 5) is 21.1. The number of nitrogens with zero attached hydrogens (tertiary/aromatic N) is 2. The number of carbonyl (C=O) groups excluding carboxylic acids is 1. The topological polar surface area (TPSA) is 75.2 Å². The van der Waals surface area contributed by atoms with E-state index in [2.05, 4.69) is 20.7 Å². The second kappa shape index (κ2) is 8.45. The highest BCUT2D eigenvalue weighted by molar-refractivity contribution is 6.39. The van der Waals surface area contributed by atoms with Crippen LogP contribution in [0.2, 0.25) is 0 Å². The Bertz CT molecular complexity index is 559. The van der Waals surface area contributed by atoms with E-state index in [1.54, 1.807) is 7.11 Å². The van der Waals surface area contributed by atoms with E-state index in [1.165, 1.54) is 25.7 Å². The summed E-state index contributed by atoms with van der Waals surface area (Å²) < 4.78 is 5.25. The molecule has 1 amide bonds. The fraction of sp³-hybridized carbons (Fsp3) is 0.900. The molecule has 0 bridgehead atoms. The molecule has 0 aromatic rings. The molecular formula is C20H34N4O3. The summed E-state index contributed by atoms with van der Waals surface area (Å²) in [5.41, 5.74) is 0.136. The quantitative estimate of drug-likeness (QED) is 0.666. The van der Waals surface area contributed by atoms with Gasteiger partial charge in [-0.15, -0.1) is 0 Å². The highest BCUT2D eigenvalue weighted by Crippen LogP contribution is 2.35. The molecule has 2 heterocycles. The summed E-state index contributed by atoms with van der Waals surface area (Å²) in [6.07, 6.45) is 8.86. The minimum atomic E-state index is -0.427. The second-order valence-electron chi connectivity index (χ2n) is 8.79. The zero-order chi connectivity index (χ0) is 18.7. The molecular weight excluding hydrogens is 344 g/mol. The molecule has 2 N–H and O–H groups in total. The van der Waals surface area contributed by atoms with Crippen molar-refractivity contribution in [2.45, 2.75) is 69.1 Å². The fourth-order valence-electron chi connectivity index (χ4n) is 4.70. The molecule has 1 saturated heterocycles. The van der Waals surface area contributed by atoms with Crippen molar-refractivity contribution in [1.82, 2.24) is 15.5 Å². The maximum absolute atomic E-state index is 12.7. The molecule has 1 spiro atoms. The van der Waals surface area contributed by atoms with Gasteiger partial charge in [-0.1, -0.05) is 18.0 Å². The Balaban J connectivity index is 1.38. The van der Waals surface area contributed by atoms with Crippen LogP contribution in [0.3, 0.4) is 0 Å². The predicted octanol–water partition coefficient (Wildman–Crippen LogP) is 1.28. The lowest BCUT2D eigenvalue weighted by atomic mass is 9.83. The van der Waals surface area contributed by atoms with Gasteiger partial charge in [0.2, 0.25) is 0 Å². The maximum Gasteiger partial charge on any atom is 0.269 e. The van der Waals surface area contributed by atoms with E-state index in [-0.39, 0.29) is 11.9 Å².